The van der Waals surface area contributed by atoms with Gasteiger partial charge in [0.2, 0.25) is 0 Å². The molecule has 116 valence electrons. The zero-order valence-electron chi connectivity index (χ0n) is 12.4. The second-order valence-corrected chi connectivity index (χ2v) is 4.68. The molecule has 0 aliphatic heterocycles. The molecule has 2 aromatic carbocycles. The van der Waals surface area contributed by atoms with Crippen molar-refractivity contribution in [3.8, 4) is 16.9 Å². The Morgan fingerprint density at radius 1 is 1.09 bits per heavy atom. The van der Waals surface area contributed by atoms with Gasteiger partial charge in [0.25, 0.3) is 0 Å². The zero-order chi connectivity index (χ0) is 16.1. The van der Waals surface area contributed by atoms with Crippen molar-refractivity contribution in [2.45, 2.75) is 13.3 Å². The highest BCUT2D eigenvalue weighted by molar-refractivity contribution is 5.92. The first-order valence-corrected chi connectivity index (χ1v) is 6.87. The lowest BCUT2D eigenvalue weighted by atomic mass is 10.0. The molecule has 0 spiro atoms. The molecule has 0 atom stereocenters. The Morgan fingerprint density at radius 2 is 1.86 bits per heavy atom. The lowest BCUT2D eigenvalue weighted by Gasteiger charge is -2.13. The average molecular weight is 306 g/mol. The SMILES string of the molecule is CCCOc1ccc(C(=O)OC)cc1-c1ccc(F)c(F)c1. The molecule has 2 aromatic rings. The number of esters is 1. The summed E-state index contributed by atoms with van der Waals surface area (Å²) in [5, 5.41) is 0. The Balaban J connectivity index is 2.52. The van der Waals surface area contributed by atoms with Crippen LogP contribution >= 0.6 is 0 Å². The second-order valence-electron chi connectivity index (χ2n) is 4.68. The third-order valence-electron chi connectivity index (χ3n) is 3.09. The number of carbonyl (C=O) groups excluding carboxylic acids is 1. The highest BCUT2D eigenvalue weighted by Crippen LogP contribution is 2.32. The standard InChI is InChI=1S/C17H16F2O3/c1-3-8-22-16-7-5-12(17(20)21-2)9-13(16)11-4-6-14(18)15(19)10-11/h4-7,9-10H,3,8H2,1-2H3. The summed E-state index contributed by atoms with van der Waals surface area (Å²) in [6, 6.07) is 8.29. The van der Waals surface area contributed by atoms with Crippen molar-refractivity contribution in [2.75, 3.05) is 13.7 Å². The molecule has 22 heavy (non-hydrogen) atoms. The molecule has 0 fully saturated rings. The van der Waals surface area contributed by atoms with Crippen LogP contribution in [0, 0.1) is 11.6 Å². The fourth-order valence-electron chi connectivity index (χ4n) is 2.00. The fourth-order valence-corrected chi connectivity index (χ4v) is 2.00. The monoisotopic (exact) mass is 306 g/mol. The summed E-state index contributed by atoms with van der Waals surface area (Å²) in [4.78, 5) is 11.6. The quantitative estimate of drug-likeness (QED) is 0.776. The molecule has 0 aliphatic carbocycles. The zero-order valence-corrected chi connectivity index (χ0v) is 12.4. The first-order valence-electron chi connectivity index (χ1n) is 6.87. The van der Waals surface area contributed by atoms with Gasteiger partial charge >= 0.3 is 5.97 Å². The van der Waals surface area contributed by atoms with Crippen LogP contribution in [0.5, 0.6) is 5.75 Å². The number of methoxy groups -OCH3 is 1. The molecule has 0 heterocycles. The van der Waals surface area contributed by atoms with E-state index < -0.39 is 17.6 Å². The minimum absolute atomic E-state index is 0.311. The van der Waals surface area contributed by atoms with E-state index >= 15 is 0 Å². The number of benzene rings is 2. The lowest BCUT2D eigenvalue weighted by Crippen LogP contribution is -2.03. The summed E-state index contributed by atoms with van der Waals surface area (Å²) in [5.74, 6) is -1.89. The topological polar surface area (TPSA) is 35.5 Å². The van der Waals surface area contributed by atoms with E-state index in [4.69, 9.17) is 4.74 Å². The van der Waals surface area contributed by atoms with Crippen LogP contribution in [0.2, 0.25) is 0 Å². The minimum Gasteiger partial charge on any atom is -0.493 e. The van der Waals surface area contributed by atoms with Crippen molar-refractivity contribution in [1.29, 1.82) is 0 Å². The number of rotatable bonds is 5. The molecule has 2 rings (SSSR count). The van der Waals surface area contributed by atoms with E-state index in [0.29, 0.717) is 29.0 Å². The molecule has 5 heteroatoms. The first kappa shape index (κ1) is 15.9. The maximum atomic E-state index is 13.5. The molecule has 0 amide bonds. The number of hydrogen-bond acceptors (Lipinski definition) is 3. The van der Waals surface area contributed by atoms with Gasteiger partial charge in [-0.2, -0.15) is 0 Å². The Kier molecular flexibility index (Phi) is 5.09. The van der Waals surface area contributed by atoms with Crippen LogP contribution in [-0.2, 0) is 4.74 Å². The summed E-state index contributed by atoms with van der Waals surface area (Å²) in [6.45, 7) is 2.44. The largest absolute Gasteiger partial charge is 0.493 e. The Labute approximate surface area is 127 Å². The molecule has 0 saturated carbocycles. The van der Waals surface area contributed by atoms with Crippen LogP contribution in [0.25, 0.3) is 11.1 Å². The van der Waals surface area contributed by atoms with Gasteiger partial charge in [-0.15, -0.1) is 0 Å². The predicted molar refractivity (Wildman–Crippen MR) is 78.9 cm³/mol. The van der Waals surface area contributed by atoms with E-state index in [2.05, 4.69) is 4.74 Å². The van der Waals surface area contributed by atoms with Crippen LogP contribution in [0.3, 0.4) is 0 Å². The van der Waals surface area contributed by atoms with Crippen molar-refractivity contribution >= 4 is 5.97 Å². The van der Waals surface area contributed by atoms with E-state index in [-0.39, 0.29) is 0 Å². The van der Waals surface area contributed by atoms with Gasteiger partial charge in [0.1, 0.15) is 5.75 Å². The summed E-state index contributed by atoms with van der Waals surface area (Å²) >= 11 is 0. The molecule has 0 N–H and O–H groups in total. The van der Waals surface area contributed by atoms with Gasteiger partial charge in [0, 0.05) is 5.56 Å². The lowest BCUT2D eigenvalue weighted by molar-refractivity contribution is 0.0600. The number of carbonyl (C=O) groups is 1. The maximum Gasteiger partial charge on any atom is 0.337 e. The molecular formula is C17H16F2O3. The third-order valence-corrected chi connectivity index (χ3v) is 3.09. The van der Waals surface area contributed by atoms with Gasteiger partial charge in [-0.25, -0.2) is 13.6 Å². The highest BCUT2D eigenvalue weighted by Gasteiger charge is 2.14. The maximum absolute atomic E-state index is 13.5. The molecule has 0 saturated heterocycles. The van der Waals surface area contributed by atoms with Crippen molar-refractivity contribution in [1.82, 2.24) is 0 Å². The van der Waals surface area contributed by atoms with Crippen LogP contribution in [0.15, 0.2) is 36.4 Å². The van der Waals surface area contributed by atoms with Gasteiger partial charge < -0.3 is 9.47 Å². The third kappa shape index (κ3) is 3.42. The normalized spacial score (nSPS) is 10.4. The number of halogens is 2. The Morgan fingerprint density at radius 3 is 2.50 bits per heavy atom. The van der Waals surface area contributed by atoms with Gasteiger partial charge in [0.15, 0.2) is 11.6 Å². The minimum atomic E-state index is -0.956. The second kappa shape index (κ2) is 7.02. The van der Waals surface area contributed by atoms with E-state index in [9.17, 15) is 13.6 Å². The van der Waals surface area contributed by atoms with Crippen molar-refractivity contribution < 1.29 is 23.0 Å². The molecular weight excluding hydrogens is 290 g/mol. The van der Waals surface area contributed by atoms with E-state index in [1.807, 2.05) is 6.92 Å². The average Bonchev–Trinajstić information content (AvgIpc) is 2.54. The Hall–Kier alpha value is -2.43. The summed E-state index contributed by atoms with van der Waals surface area (Å²) < 4.78 is 36.9. The summed E-state index contributed by atoms with van der Waals surface area (Å²) in [5.41, 5.74) is 1.25. The van der Waals surface area contributed by atoms with E-state index in [1.165, 1.54) is 13.2 Å². The molecule has 0 radical (unpaired) electrons. The van der Waals surface area contributed by atoms with E-state index in [0.717, 1.165) is 18.6 Å². The number of ether oxygens (including phenoxy) is 2. The van der Waals surface area contributed by atoms with Crippen molar-refractivity contribution in [3.05, 3.63) is 53.6 Å². The summed E-state index contributed by atoms with van der Waals surface area (Å²) in [6.07, 6.45) is 0.802. The first-order chi connectivity index (χ1) is 10.6. The van der Waals surface area contributed by atoms with Gasteiger partial charge in [0.05, 0.1) is 19.3 Å². The molecule has 0 unspecified atom stereocenters. The van der Waals surface area contributed by atoms with Crippen LogP contribution in [-0.4, -0.2) is 19.7 Å². The van der Waals surface area contributed by atoms with Gasteiger partial charge in [-0.3, -0.25) is 0 Å². The van der Waals surface area contributed by atoms with Gasteiger partial charge in [-0.05, 0) is 42.3 Å². The Bertz CT molecular complexity index is 684. The number of hydrogen-bond donors (Lipinski definition) is 0. The van der Waals surface area contributed by atoms with E-state index in [1.54, 1.807) is 18.2 Å². The smallest absolute Gasteiger partial charge is 0.337 e. The van der Waals surface area contributed by atoms with Crippen LogP contribution in [0.4, 0.5) is 8.78 Å². The highest BCUT2D eigenvalue weighted by atomic mass is 19.2. The fraction of sp³-hybridized carbons (Fsp3) is 0.235. The molecule has 0 aromatic heterocycles. The molecule has 3 nitrogen and oxygen atoms in total. The van der Waals surface area contributed by atoms with Crippen LogP contribution in [0.1, 0.15) is 23.7 Å². The molecule has 0 bridgehead atoms. The van der Waals surface area contributed by atoms with Crippen LogP contribution < -0.4 is 4.74 Å². The van der Waals surface area contributed by atoms with Crippen molar-refractivity contribution in [2.24, 2.45) is 0 Å². The van der Waals surface area contributed by atoms with Gasteiger partial charge in [-0.1, -0.05) is 13.0 Å². The van der Waals surface area contributed by atoms with Crippen molar-refractivity contribution in [3.63, 3.8) is 0 Å². The predicted octanol–water partition coefficient (Wildman–Crippen LogP) is 4.21. The summed E-state index contributed by atoms with van der Waals surface area (Å²) in [7, 11) is 1.28. The molecule has 0 aliphatic rings.